The summed E-state index contributed by atoms with van der Waals surface area (Å²) in [5, 5.41) is 1.23. The maximum absolute atomic E-state index is 4.77. The first-order chi connectivity index (χ1) is 8.35. The van der Waals surface area contributed by atoms with E-state index in [0.29, 0.717) is 5.41 Å². The molecule has 2 aliphatic rings. The molecule has 3 heteroatoms. The third-order valence-electron chi connectivity index (χ3n) is 4.17. The molecule has 0 radical (unpaired) electrons. The lowest BCUT2D eigenvalue weighted by molar-refractivity contribution is 0.395. The van der Waals surface area contributed by atoms with Crippen LogP contribution >= 0.6 is 11.3 Å². The van der Waals surface area contributed by atoms with Crippen LogP contribution in [0.3, 0.4) is 0 Å². The van der Waals surface area contributed by atoms with E-state index in [1.807, 2.05) is 11.3 Å². The third kappa shape index (κ3) is 1.64. The maximum Gasteiger partial charge on any atom is 0.186 e. The number of nitrogens with zero attached hydrogens (tertiary/aromatic N) is 2. The molecule has 2 nitrogen and oxygen atoms in total. The fourth-order valence-corrected chi connectivity index (χ4v) is 3.94. The summed E-state index contributed by atoms with van der Waals surface area (Å²) in [5.74, 6) is 0. The molecule has 1 aliphatic heterocycles. The van der Waals surface area contributed by atoms with E-state index >= 15 is 0 Å². The highest BCUT2D eigenvalue weighted by Gasteiger charge is 2.45. The van der Waals surface area contributed by atoms with E-state index in [2.05, 4.69) is 29.2 Å². The van der Waals surface area contributed by atoms with Gasteiger partial charge in [0.1, 0.15) is 0 Å². The molecule has 1 aliphatic carbocycles. The van der Waals surface area contributed by atoms with Gasteiger partial charge in [0.15, 0.2) is 5.13 Å². The Morgan fingerprint density at radius 2 is 2.06 bits per heavy atom. The van der Waals surface area contributed by atoms with Gasteiger partial charge >= 0.3 is 0 Å². The lowest BCUT2D eigenvalue weighted by Gasteiger charge is -2.32. The zero-order valence-corrected chi connectivity index (χ0v) is 10.7. The molecule has 0 amide bonds. The summed E-state index contributed by atoms with van der Waals surface area (Å²) in [5.41, 5.74) is 1.83. The summed E-state index contributed by atoms with van der Waals surface area (Å²) in [6, 6.07) is 8.47. The second-order valence-electron chi connectivity index (χ2n) is 5.49. The van der Waals surface area contributed by atoms with Gasteiger partial charge < -0.3 is 4.90 Å². The van der Waals surface area contributed by atoms with Crippen molar-refractivity contribution in [3.05, 3.63) is 24.3 Å². The minimum atomic E-state index is 0.677. The van der Waals surface area contributed by atoms with Crippen molar-refractivity contribution in [3.63, 3.8) is 0 Å². The molecular weight excluding hydrogens is 228 g/mol. The van der Waals surface area contributed by atoms with Crippen LogP contribution in [0.25, 0.3) is 10.2 Å². The Labute approximate surface area is 105 Å². The largest absolute Gasteiger partial charge is 0.348 e. The number of aromatic nitrogens is 1. The zero-order valence-electron chi connectivity index (χ0n) is 9.85. The fraction of sp³-hybridized carbons (Fsp3) is 0.500. The van der Waals surface area contributed by atoms with Crippen LogP contribution < -0.4 is 4.90 Å². The van der Waals surface area contributed by atoms with Crippen LogP contribution in [0.4, 0.5) is 5.13 Å². The summed E-state index contributed by atoms with van der Waals surface area (Å²) < 4.78 is 1.32. The molecule has 88 valence electrons. The van der Waals surface area contributed by atoms with Crippen LogP contribution in [0.2, 0.25) is 0 Å². The normalized spacial score (nSPS) is 22.2. The molecule has 1 aromatic heterocycles. The predicted molar refractivity (Wildman–Crippen MR) is 72.7 cm³/mol. The van der Waals surface area contributed by atoms with Gasteiger partial charge in [-0.3, -0.25) is 0 Å². The van der Waals surface area contributed by atoms with E-state index in [0.717, 1.165) is 5.52 Å². The van der Waals surface area contributed by atoms with E-state index in [1.165, 1.54) is 48.6 Å². The molecule has 2 aromatic rings. The molecule has 1 saturated heterocycles. The van der Waals surface area contributed by atoms with Gasteiger partial charge in [0.2, 0.25) is 0 Å². The monoisotopic (exact) mass is 244 g/mol. The highest BCUT2D eigenvalue weighted by Crippen LogP contribution is 2.52. The lowest BCUT2D eigenvalue weighted by atomic mass is 9.95. The lowest BCUT2D eigenvalue weighted by Crippen LogP contribution is -2.36. The van der Waals surface area contributed by atoms with Gasteiger partial charge in [-0.2, -0.15) is 0 Å². The van der Waals surface area contributed by atoms with Gasteiger partial charge in [0.25, 0.3) is 0 Å². The predicted octanol–water partition coefficient (Wildman–Crippen LogP) is 3.68. The van der Waals surface area contributed by atoms with E-state index in [1.54, 1.807) is 0 Å². The second kappa shape index (κ2) is 3.45. The van der Waals surface area contributed by atoms with Crippen LogP contribution in [0.5, 0.6) is 0 Å². The van der Waals surface area contributed by atoms with E-state index in [-0.39, 0.29) is 0 Å². The molecule has 1 spiro atoms. The van der Waals surface area contributed by atoms with Crippen molar-refractivity contribution in [2.75, 3.05) is 18.0 Å². The summed E-state index contributed by atoms with van der Waals surface area (Å²) in [6.07, 6.45) is 5.66. The van der Waals surface area contributed by atoms with Gasteiger partial charge in [-0.05, 0) is 43.2 Å². The number of benzene rings is 1. The Morgan fingerprint density at radius 3 is 2.88 bits per heavy atom. The quantitative estimate of drug-likeness (QED) is 0.760. The average molecular weight is 244 g/mol. The number of para-hydroxylation sites is 1. The standard InChI is InChI=1S/C14H16N2S/c1-2-5-12-11(4-1)15-13(17-12)16-9-3-6-14(10-16)7-8-14/h1-2,4-5H,3,6-10H2. The SMILES string of the molecule is c1ccc2sc(N3CCCC4(CC4)C3)nc2c1. The fourth-order valence-electron chi connectivity index (χ4n) is 2.95. The Bertz CT molecular complexity index is 523. The van der Waals surface area contributed by atoms with Gasteiger partial charge in [-0.15, -0.1) is 0 Å². The molecule has 1 aromatic carbocycles. The number of rotatable bonds is 1. The minimum absolute atomic E-state index is 0.677. The number of hydrogen-bond acceptors (Lipinski definition) is 3. The van der Waals surface area contributed by atoms with Crippen LogP contribution in [0, 0.1) is 5.41 Å². The molecule has 0 N–H and O–H groups in total. The first kappa shape index (κ1) is 9.89. The number of thiazole rings is 1. The maximum atomic E-state index is 4.77. The van der Waals surface area contributed by atoms with Crippen molar-refractivity contribution in [2.24, 2.45) is 5.41 Å². The molecule has 1 saturated carbocycles. The van der Waals surface area contributed by atoms with E-state index in [9.17, 15) is 0 Å². The summed E-state index contributed by atoms with van der Waals surface area (Å²) in [6.45, 7) is 2.44. The van der Waals surface area contributed by atoms with Gasteiger partial charge in [-0.1, -0.05) is 23.5 Å². The first-order valence-electron chi connectivity index (χ1n) is 6.45. The molecule has 0 atom stereocenters. The highest BCUT2D eigenvalue weighted by atomic mass is 32.1. The van der Waals surface area contributed by atoms with Crippen LogP contribution in [0.15, 0.2) is 24.3 Å². The van der Waals surface area contributed by atoms with Crippen LogP contribution in [-0.2, 0) is 0 Å². The Kier molecular flexibility index (Phi) is 2.01. The summed E-state index contributed by atoms with van der Waals surface area (Å²) >= 11 is 1.85. The van der Waals surface area contributed by atoms with Crippen molar-refractivity contribution in [3.8, 4) is 0 Å². The molecule has 0 bridgehead atoms. The molecule has 17 heavy (non-hydrogen) atoms. The second-order valence-corrected chi connectivity index (χ2v) is 6.50. The molecular formula is C14H16N2S. The number of fused-ring (bicyclic) bond motifs is 1. The van der Waals surface area contributed by atoms with E-state index in [4.69, 9.17) is 4.98 Å². The van der Waals surface area contributed by atoms with Crippen molar-refractivity contribution < 1.29 is 0 Å². The summed E-state index contributed by atoms with van der Waals surface area (Å²) in [4.78, 5) is 7.29. The smallest absolute Gasteiger partial charge is 0.186 e. The average Bonchev–Trinajstić information content (AvgIpc) is 2.96. The van der Waals surface area contributed by atoms with Crippen molar-refractivity contribution in [1.82, 2.24) is 4.98 Å². The van der Waals surface area contributed by atoms with Crippen LogP contribution in [-0.4, -0.2) is 18.1 Å². The Balaban J connectivity index is 1.68. The minimum Gasteiger partial charge on any atom is -0.348 e. The Morgan fingerprint density at radius 1 is 1.18 bits per heavy atom. The van der Waals surface area contributed by atoms with Crippen molar-refractivity contribution in [1.29, 1.82) is 0 Å². The van der Waals surface area contributed by atoms with Gasteiger partial charge in [-0.25, -0.2) is 4.98 Å². The van der Waals surface area contributed by atoms with Crippen molar-refractivity contribution >= 4 is 26.7 Å². The zero-order chi connectivity index (χ0) is 11.3. The number of piperidine rings is 1. The number of anilines is 1. The first-order valence-corrected chi connectivity index (χ1v) is 7.27. The molecule has 4 rings (SSSR count). The van der Waals surface area contributed by atoms with E-state index < -0.39 is 0 Å². The topological polar surface area (TPSA) is 16.1 Å². The van der Waals surface area contributed by atoms with Gasteiger partial charge in [0.05, 0.1) is 10.2 Å². The van der Waals surface area contributed by atoms with Crippen molar-refractivity contribution in [2.45, 2.75) is 25.7 Å². The molecule has 2 heterocycles. The molecule has 0 unspecified atom stereocenters. The highest BCUT2D eigenvalue weighted by molar-refractivity contribution is 7.22. The number of hydrogen-bond donors (Lipinski definition) is 0. The van der Waals surface area contributed by atoms with Gasteiger partial charge in [0, 0.05) is 13.1 Å². The summed E-state index contributed by atoms with van der Waals surface area (Å²) in [7, 11) is 0. The Hall–Kier alpha value is -1.09. The van der Waals surface area contributed by atoms with Crippen LogP contribution in [0.1, 0.15) is 25.7 Å². The third-order valence-corrected chi connectivity index (χ3v) is 5.27. The molecule has 2 fully saturated rings.